The van der Waals surface area contributed by atoms with Crippen LogP contribution in [0.2, 0.25) is 0 Å². The molecule has 10 heteroatoms. The summed E-state index contributed by atoms with van der Waals surface area (Å²) in [6.07, 6.45) is 0. The number of amides is 2. The summed E-state index contributed by atoms with van der Waals surface area (Å²) in [5.74, 6) is -2.25. The van der Waals surface area contributed by atoms with Gasteiger partial charge in [-0.05, 0) is 42.8 Å². The van der Waals surface area contributed by atoms with Crippen LogP contribution in [0.15, 0.2) is 66.7 Å². The van der Waals surface area contributed by atoms with E-state index in [2.05, 4.69) is 5.32 Å². The second-order valence-electron chi connectivity index (χ2n) is 11.3. The zero-order chi connectivity index (χ0) is 30.2. The third-order valence-electron chi connectivity index (χ3n) is 7.03. The minimum absolute atomic E-state index is 0.0428. The van der Waals surface area contributed by atoms with Gasteiger partial charge in [-0.1, -0.05) is 56.7 Å². The molecule has 1 aromatic heterocycles. The number of fused-ring (bicyclic) bond motifs is 1. The number of benzene rings is 3. The molecule has 218 valence electrons. The van der Waals surface area contributed by atoms with Crippen molar-refractivity contribution in [3.63, 3.8) is 0 Å². The summed E-state index contributed by atoms with van der Waals surface area (Å²) in [7, 11) is 0. The molecular formula is C32H31F3N4O2S. The SMILES string of the molecule is Cc1ccc(-n2nc(C(C)(C)C)c3c2N(CC(=O)NCc2ccc(F)cc2)C(=O)CSC3c2ccc(F)cc2F)cc1. The van der Waals surface area contributed by atoms with E-state index < -0.39 is 28.2 Å². The fourth-order valence-corrected chi connectivity index (χ4v) is 6.12. The third kappa shape index (κ3) is 6.09. The first-order valence-electron chi connectivity index (χ1n) is 13.5. The largest absolute Gasteiger partial charge is 0.350 e. The Morgan fingerprint density at radius 3 is 2.31 bits per heavy atom. The van der Waals surface area contributed by atoms with Gasteiger partial charge in [0.25, 0.3) is 0 Å². The lowest BCUT2D eigenvalue weighted by Gasteiger charge is -2.24. The Morgan fingerprint density at radius 2 is 1.67 bits per heavy atom. The standard InChI is InChI=1S/C32H31F3N4O2S/c1-19-5-12-23(13-6-19)39-31-28(30(37-39)32(2,3)4)29(24-14-11-22(34)15-25(24)35)42-18-27(41)38(31)17-26(40)36-16-20-7-9-21(33)10-8-20/h5-15,29H,16-18H2,1-4H3,(H,36,40). The first-order chi connectivity index (χ1) is 19.9. The van der Waals surface area contributed by atoms with Gasteiger partial charge in [-0.15, -0.1) is 11.8 Å². The number of carbonyl (C=O) groups excluding carboxylic acids is 2. The monoisotopic (exact) mass is 592 g/mol. The fourth-order valence-electron chi connectivity index (χ4n) is 4.90. The number of halogens is 3. The van der Waals surface area contributed by atoms with Crippen LogP contribution in [0.25, 0.3) is 5.69 Å². The highest BCUT2D eigenvalue weighted by molar-refractivity contribution is 8.00. The van der Waals surface area contributed by atoms with Crippen LogP contribution in [0, 0.1) is 24.4 Å². The third-order valence-corrected chi connectivity index (χ3v) is 8.26. The number of carbonyl (C=O) groups is 2. The molecule has 0 saturated carbocycles. The molecule has 5 rings (SSSR count). The minimum Gasteiger partial charge on any atom is -0.350 e. The van der Waals surface area contributed by atoms with Crippen molar-refractivity contribution in [3.05, 3.63) is 112 Å². The maximum absolute atomic E-state index is 15.3. The van der Waals surface area contributed by atoms with E-state index in [-0.39, 0.29) is 36.1 Å². The second-order valence-corrected chi connectivity index (χ2v) is 12.4. The normalized spacial score (nSPS) is 15.4. The van der Waals surface area contributed by atoms with Gasteiger partial charge in [0.15, 0.2) is 0 Å². The summed E-state index contributed by atoms with van der Waals surface area (Å²) in [5.41, 5.74) is 3.33. The van der Waals surface area contributed by atoms with Gasteiger partial charge < -0.3 is 5.32 Å². The van der Waals surface area contributed by atoms with Crippen molar-refractivity contribution in [1.29, 1.82) is 0 Å². The van der Waals surface area contributed by atoms with Gasteiger partial charge >= 0.3 is 0 Å². The van der Waals surface area contributed by atoms with Crippen LogP contribution < -0.4 is 10.2 Å². The minimum atomic E-state index is -0.723. The van der Waals surface area contributed by atoms with Crippen molar-refractivity contribution in [2.24, 2.45) is 0 Å². The highest BCUT2D eigenvalue weighted by Crippen LogP contribution is 2.49. The van der Waals surface area contributed by atoms with Crippen LogP contribution in [0.3, 0.4) is 0 Å². The number of aromatic nitrogens is 2. The van der Waals surface area contributed by atoms with Crippen molar-refractivity contribution in [1.82, 2.24) is 15.1 Å². The number of thioether (sulfide) groups is 1. The van der Waals surface area contributed by atoms with Crippen LogP contribution in [-0.4, -0.2) is 33.9 Å². The van der Waals surface area contributed by atoms with Gasteiger partial charge in [-0.25, -0.2) is 17.9 Å². The van der Waals surface area contributed by atoms with Gasteiger partial charge in [-0.3, -0.25) is 14.5 Å². The van der Waals surface area contributed by atoms with E-state index in [0.29, 0.717) is 28.3 Å². The van der Waals surface area contributed by atoms with Crippen molar-refractivity contribution in [2.45, 2.75) is 44.9 Å². The van der Waals surface area contributed by atoms with E-state index in [1.54, 1.807) is 16.8 Å². The van der Waals surface area contributed by atoms with Crippen molar-refractivity contribution < 1.29 is 22.8 Å². The number of nitrogens with zero attached hydrogens (tertiary/aromatic N) is 3. The number of hydrogen-bond donors (Lipinski definition) is 1. The summed E-state index contributed by atoms with van der Waals surface area (Å²) in [4.78, 5) is 28.4. The van der Waals surface area contributed by atoms with Gasteiger partial charge in [0.2, 0.25) is 11.8 Å². The quantitative estimate of drug-likeness (QED) is 0.282. The Bertz CT molecular complexity index is 1630. The smallest absolute Gasteiger partial charge is 0.240 e. The molecule has 1 aliphatic heterocycles. The maximum atomic E-state index is 15.3. The van der Waals surface area contributed by atoms with Crippen LogP contribution in [0.1, 0.15) is 54.0 Å². The van der Waals surface area contributed by atoms with E-state index >= 15 is 4.39 Å². The van der Waals surface area contributed by atoms with Crippen LogP contribution in [0.4, 0.5) is 19.0 Å². The molecule has 0 aliphatic carbocycles. The molecule has 0 fully saturated rings. The van der Waals surface area contributed by atoms with E-state index in [0.717, 1.165) is 11.6 Å². The zero-order valence-corrected chi connectivity index (χ0v) is 24.6. The number of aryl methyl sites for hydroxylation is 1. The number of nitrogens with one attached hydrogen (secondary N) is 1. The lowest BCUT2D eigenvalue weighted by atomic mass is 9.87. The lowest BCUT2D eigenvalue weighted by Crippen LogP contribution is -2.42. The number of hydrogen-bond acceptors (Lipinski definition) is 4. The van der Waals surface area contributed by atoms with Crippen LogP contribution in [0.5, 0.6) is 0 Å². The molecule has 0 spiro atoms. The molecule has 1 atom stereocenters. The van der Waals surface area contributed by atoms with E-state index in [1.165, 1.54) is 40.9 Å². The molecule has 2 amide bonds. The van der Waals surface area contributed by atoms with E-state index in [1.807, 2.05) is 52.0 Å². The van der Waals surface area contributed by atoms with E-state index in [4.69, 9.17) is 5.10 Å². The average Bonchev–Trinajstić information content (AvgIpc) is 3.27. The molecule has 4 aromatic rings. The predicted octanol–water partition coefficient (Wildman–Crippen LogP) is 6.38. The van der Waals surface area contributed by atoms with Gasteiger partial charge in [0.05, 0.1) is 22.4 Å². The predicted molar refractivity (Wildman–Crippen MR) is 158 cm³/mol. The Hall–Kier alpha value is -4.05. The fraction of sp³-hybridized carbons (Fsp3) is 0.281. The molecule has 2 heterocycles. The summed E-state index contributed by atoms with van der Waals surface area (Å²) in [6.45, 7) is 7.72. The molecule has 3 aromatic carbocycles. The summed E-state index contributed by atoms with van der Waals surface area (Å²) in [6, 6.07) is 16.8. The molecule has 6 nitrogen and oxygen atoms in total. The molecule has 0 bridgehead atoms. The molecule has 42 heavy (non-hydrogen) atoms. The van der Waals surface area contributed by atoms with E-state index in [9.17, 15) is 18.4 Å². The molecule has 0 saturated heterocycles. The van der Waals surface area contributed by atoms with Gasteiger partial charge in [-0.2, -0.15) is 5.10 Å². The maximum Gasteiger partial charge on any atom is 0.240 e. The first kappa shape index (κ1) is 29.4. The second kappa shape index (κ2) is 11.7. The number of anilines is 1. The van der Waals surface area contributed by atoms with Crippen LogP contribution in [-0.2, 0) is 21.5 Å². The Morgan fingerprint density at radius 1 is 1.00 bits per heavy atom. The Labute approximate surface area is 246 Å². The summed E-state index contributed by atoms with van der Waals surface area (Å²) in [5, 5.41) is 7.08. The average molecular weight is 593 g/mol. The molecule has 0 radical (unpaired) electrons. The summed E-state index contributed by atoms with van der Waals surface area (Å²) < 4.78 is 44.2. The first-order valence-corrected chi connectivity index (χ1v) is 14.6. The lowest BCUT2D eigenvalue weighted by molar-refractivity contribution is -0.123. The molecule has 1 aliphatic rings. The Balaban J connectivity index is 1.64. The highest BCUT2D eigenvalue weighted by atomic mass is 32.2. The van der Waals surface area contributed by atoms with Gasteiger partial charge in [0.1, 0.15) is 29.8 Å². The van der Waals surface area contributed by atoms with Crippen LogP contribution >= 0.6 is 11.8 Å². The topological polar surface area (TPSA) is 67.2 Å². The zero-order valence-electron chi connectivity index (χ0n) is 23.7. The Kier molecular flexibility index (Phi) is 8.19. The summed E-state index contributed by atoms with van der Waals surface area (Å²) >= 11 is 1.22. The highest BCUT2D eigenvalue weighted by Gasteiger charge is 2.40. The molecular weight excluding hydrogens is 561 g/mol. The molecule has 1 N–H and O–H groups in total. The number of rotatable bonds is 6. The van der Waals surface area contributed by atoms with Gasteiger partial charge in [0, 0.05) is 29.2 Å². The van der Waals surface area contributed by atoms with Crippen molar-refractivity contribution >= 4 is 29.4 Å². The molecule has 1 unspecified atom stereocenters. The van der Waals surface area contributed by atoms with Crippen molar-refractivity contribution in [3.8, 4) is 5.69 Å². The van der Waals surface area contributed by atoms with Crippen molar-refractivity contribution in [2.75, 3.05) is 17.2 Å².